The van der Waals surface area contributed by atoms with Gasteiger partial charge in [-0.1, -0.05) is 57.1 Å². The number of rotatable bonds is 8. The predicted octanol–water partition coefficient (Wildman–Crippen LogP) is 8.25. The summed E-state index contributed by atoms with van der Waals surface area (Å²) in [6, 6.07) is 9.67. The third kappa shape index (κ3) is 6.08. The Balaban J connectivity index is 1.90. The lowest BCUT2D eigenvalue weighted by Gasteiger charge is -2.38. The van der Waals surface area contributed by atoms with Crippen LogP contribution in [-0.4, -0.2) is 45.5 Å². The van der Waals surface area contributed by atoms with Crippen molar-refractivity contribution in [3.8, 4) is 0 Å². The maximum absolute atomic E-state index is 14.2. The molecule has 0 spiro atoms. The van der Waals surface area contributed by atoms with E-state index in [-0.39, 0.29) is 26.9 Å². The molecule has 43 heavy (non-hydrogen) atoms. The van der Waals surface area contributed by atoms with Crippen LogP contribution in [0, 0.1) is 0 Å². The number of halogens is 5. The molecular formula is C29H30Cl2F3N3O4SSi. The number of ketones is 1. The number of anilines is 1. The number of fused-ring (bicyclic) bond motifs is 1. The lowest BCUT2D eigenvalue weighted by molar-refractivity contribution is -0.137. The molecule has 0 bridgehead atoms. The maximum atomic E-state index is 14.2. The molecule has 4 aromatic rings. The molecule has 0 saturated heterocycles. The van der Waals surface area contributed by atoms with Crippen LogP contribution in [-0.2, 0) is 20.9 Å². The van der Waals surface area contributed by atoms with Crippen molar-refractivity contribution in [2.45, 2.75) is 50.0 Å². The summed E-state index contributed by atoms with van der Waals surface area (Å²) in [5, 5.41) is -0.0207. The van der Waals surface area contributed by atoms with Gasteiger partial charge >= 0.3 is 6.18 Å². The minimum Gasteiger partial charge on any atom is -0.363 e. The molecule has 0 fully saturated rings. The van der Waals surface area contributed by atoms with Crippen molar-refractivity contribution in [2.75, 3.05) is 18.1 Å². The fourth-order valence-electron chi connectivity index (χ4n) is 4.49. The van der Waals surface area contributed by atoms with Gasteiger partial charge in [0, 0.05) is 34.8 Å². The molecule has 0 aliphatic carbocycles. The zero-order valence-corrected chi connectivity index (χ0v) is 27.6. The van der Waals surface area contributed by atoms with Crippen LogP contribution >= 0.6 is 23.2 Å². The van der Waals surface area contributed by atoms with Gasteiger partial charge in [-0.05, 0) is 59.8 Å². The Labute approximate surface area is 259 Å². The first-order valence-corrected chi connectivity index (χ1v) is 18.2. The van der Waals surface area contributed by atoms with E-state index in [0.29, 0.717) is 21.4 Å². The average Bonchev–Trinajstić information content (AvgIpc) is 3.35. The Hall–Kier alpha value is -2.90. The fraction of sp³-hybridized carbons (Fsp3) is 0.310. The van der Waals surface area contributed by atoms with E-state index in [1.54, 1.807) is 6.07 Å². The summed E-state index contributed by atoms with van der Waals surface area (Å²) in [5.74, 6) is -0.532. The quantitative estimate of drug-likeness (QED) is 0.107. The largest absolute Gasteiger partial charge is 0.417 e. The standard InChI is InChI=1S/C29H30Cl2F3N3O4SSi/c1-28(2,3)43(5,6)37-14-12-21-20(11-13-35-27(21)37)26(38)22-9-7-18(30)15-25(22)36(17-41-4)42(39,40)19-8-10-24(31)23(16-19)29(32,33)34/h7-16H,17H2,1-6H3. The molecule has 0 atom stereocenters. The lowest BCUT2D eigenvalue weighted by atomic mass is 10.00. The second kappa shape index (κ2) is 11.5. The second-order valence-corrected chi connectivity index (χ2v) is 19.3. The highest BCUT2D eigenvalue weighted by molar-refractivity contribution is 7.92. The summed E-state index contributed by atoms with van der Waals surface area (Å²) in [6.07, 6.45) is -1.47. The molecule has 2 aromatic heterocycles. The van der Waals surface area contributed by atoms with Crippen molar-refractivity contribution in [1.82, 2.24) is 9.22 Å². The third-order valence-electron chi connectivity index (χ3n) is 7.82. The van der Waals surface area contributed by atoms with Crippen molar-refractivity contribution in [2.24, 2.45) is 0 Å². The summed E-state index contributed by atoms with van der Waals surface area (Å²) in [4.78, 5) is 18.0. The van der Waals surface area contributed by atoms with Crippen LogP contribution < -0.4 is 4.31 Å². The first-order valence-electron chi connectivity index (χ1n) is 13.0. The van der Waals surface area contributed by atoms with E-state index in [4.69, 9.17) is 27.9 Å². The van der Waals surface area contributed by atoms with Gasteiger partial charge in [0.05, 0.1) is 21.2 Å². The number of hydrogen-bond acceptors (Lipinski definition) is 5. The summed E-state index contributed by atoms with van der Waals surface area (Å²) in [7, 11) is -5.63. The first-order chi connectivity index (χ1) is 19.8. The number of nitrogens with zero attached hydrogens (tertiary/aromatic N) is 3. The minimum atomic E-state index is -4.90. The monoisotopic (exact) mass is 671 g/mol. The van der Waals surface area contributed by atoms with Crippen molar-refractivity contribution < 1.29 is 31.1 Å². The summed E-state index contributed by atoms with van der Waals surface area (Å²) in [5.41, 5.74) is -0.651. The Morgan fingerprint density at radius 3 is 2.30 bits per heavy atom. The number of pyridine rings is 1. The Morgan fingerprint density at radius 2 is 1.70 bits per heavy atom. The number of carbonyl (C=O) groups excluding carboxylic acids is 1. The van der Waals surface area contributed by atoms with E-state index >= 15 is 0 Å². The molecule has 14 heteroatoms. The van der Waals surface area contributed by atoms with E-state index in [1.165, 1.54) is 31.5 Å². The minimum absolute atomic E-state index is 0.0351. The fourth-order valence-corrected chi connectivity index (χ4v) is 8.18. The number of methoxy groups -OCH3 is 1. The Bertz CT molecular complexity index is 1820. The molecular weight excluding hydrogens is 642 g/mol. The Kier molecular flexibility index (Phi) is 8.86. The molecule has 2 aromatic carbocycles. The zero-order chi connectivity index (χ0) is 32.1. The van der Waals surface area contributed by atoms with Crippen molar-refractivity contribution >= 4 is 64.0 Å². The van der Waals surface area contributed by atoms with Crippen LogP contribution in [0.3, 0.4) is 0 Å². The van der Waals surface area contributed by atoms with Gasteiger partial charge in [0.15, 0.2) is 14.0 Å². The number of sulfonamides is 1. The number of carbonyl (C=O) groups is 1. The maximum Gasteiger partial charge on any atom is 0.417 e. The molecule has 0 saturated carbocycles. The van der Waals surface area contributed by atoms with E-state index in [2.05, 4.69) is 43.1 Å². The zero-order valence-electron chi connectivity index (χ0n) is 24.3. The van der Waals surface area contributed by atoms with E-state index in [0.717, 1.165) is 12.1 Å². The van der Waals surface area contributed by atoms with Gasteiger partial charge in [0.25, 0.3) is 10.0 Å². The van der Waals surface area contributed by atoms with Crippen LogP contribution in [0.4, 0.5) is 18.9 Å². The van der Waals surface area contributed by atoms with Crippen molar-refractivity contribution in [3.05, 3.63) is 87.7 Å². The van der Waals surface area contributed by atoms with E-state index in [9.17, 15) is 26.4 Å². The molecule has 0 aliphatic heterocycles. The van der Waals surface area contributed by atoms with Gasteiger partial charge in [-0.2, -0.15) is 13.2 Å². The molecule has 2 heterocycles. The molecule has 0 radical (unpaired) electrons. The topological polar surface area (TPSA) is 81.5 Å². The van der Waals surface area contributed by atoms with Crippen LogP contribution in [0.1, 0.15) is 42.3 Å². The smallest absolute Gasteiger partial charge is 0.363 e. The molecule has 4 rings (SSSR count). The summed E-state index contributed by atoms with van der Waals surface area (Å²) >= 11 is 12.0. The van der Waals surface area contributed by atoms with Crippen LogP contribution in [0.25, 0.3) is 11.0 Å². The summed E-state index contributed by atoms with van der Waals surface area (Å²) in [6.45, 7) is 10.2. The molecule has 0 aliphatic rings. The van der Waals surface area contributed by atoms with Crippen molar-refractivity contribution in [1.29, 1.82) is 0 Å². The second-order valence-electron chi connectivity index (χ2n) is 11.5. The molecule has 0 unspecified atom stereocenters. The molecule has 7 nitrogen and oxygen atoms in total. The number of hydrogen-bond donors (Lipinski definition) is 0. The number of benzene rings is 2. The van der Waals surface area contributed by atoms with Crippen molar-refractivity contribution in [3.63, 3.8) is 0 Å². The summed E-state index contributed by atoms with van der Waals surface area (Å²) < 4.78 is 76.4. The van der Waals surface area contributed by atoms with Crippen LogP contribution in [0.5, 0.6) is 0 Å². The van der Waals surface area contributed by atoms with Crippen LogP contribution in [0.15, 0.2) is 65.8 Å². The SMILES string of the molecule is COCN(c1cc(Cl)ccc1C(=O)c1ccnc2c1ccn2[Si](C)(C)C(C)(C)C)S(=O)(=O)c1ccc(Cl)c(C(F)(F)F)c1. The van der Waals surface area contributed by atoms with Gasteiger partial charge in [0.2, 0.25) is 0 Å². The average molecular weight is 673 g/mol. The highest BCUT2D eigenvalue weighted by Gasteiger charge is 2.39. The van der Waals surface area contributed by atoms with E-state index in [1.807, 2.05) is 12.3 Å². The molecule has 0 amide bonds. The van der Waals surface area contributed by atoms with Gasteiger partial charge < -0.3 is 8.97 Å². The van der Waals surface area contributed by atoms with Gasteiger partial charge in [0.1, 0.15) is 12.4 Å². The van der Waals surface area contributed by atoms with Gasteiger partial charge in [-0.3, -0.25) is 4.79 Å². The van der Waals surface area contributed by atoms with Gasteiger partial charge in [-0.15, -0.1) is 0 Å². The number of alkyl halides is 3. The molecule has 0 N–H and O–H groups in total. The normalized spacial score (nSPS) is 13.0. The van der Waals surface area contributed by atoms with Gasteiger partial charge in [-0.25, -0.2) is 17.7 Å². The highest BCUT2D eigenvalue weighted by atomic mass is 35.5. The predicted molar refractivity (Wildman–Crippen MR) is 165 cm³/mol. The first kappa shape index (κ1) is 33.0. The highest BCUT2D eigenvalue weighted by Crippen LogP contribution is 2.40. The number of ether oxygens (including phenoxy) is 1. The number of aromatic nitrogens is 2. The Morgan fingerprint density at radius 1 is 1.02 bits per heavy atom. The van der Waals surface area contributed by atoms with E-state index < -0.39 is 52.4 Å². The molecule has 230 valence electrons. The lowest BCUT2D eigenvalue weighted by Crippen LogP contribution is -2.45. The third-order valence-corrected chi connectivity index (χ3v) is 15.4. The van der Waals surface area contributed by atoms with Crippen LogP contribution in [0.2, 0.25) is 28.2 Å².